The number of halogens is 3. The number of benzene rings is 2. The van der Waals surface area contributed by atoms with Crippen molar-refractivity contribution < 1.29 is 18.3 Å². The Morgan fingerprint density at radius 3 is 2.17 bits per heavy atom. The minimum atomic E-state index is -4.82. The van der Waals surface area contributed by atoms with Crippen LogP contribution in [0.4, 0.5) is 13.2 Å². The van der Waals surface area contributed by atoms with E-state index in [0.717, 1.165) is 6.08 Å². The number of aliphatic hydroxyl groups excluding tert-OH is 1. The molecule has 0 saturated carbocycles. The molecule has 2 rings (SSSR count). The fraction of sp³-hybridized carbons (Fsp3) is 0.105. The fourth-order valence-corrected chi connectivity index (χ4v) is 1.86. The van der Waals surface area contributed by atoms with E-state index in [2.05, 4.69) is 11.8 Å². The number of alkyl halides is 3. The van der Waals surface area contributed by atoms with Gasteiger partial charge in [0.05, 0.1) is 11.6 Å². The molecular formula is C19H12F3NO. The van der Waals surface area contributed by atoms with Crippen LogP contribution in [-0.2, 0) is 0 Å². The van der Waals surface area contributed by atoms with Gasteiger partial charge in [-0.25, -0.2) is 0 Å². The van der Waals surface area contributed by atoms with Gasteiger partial charge in [-0.2, -0.15) is 18.4 Å². The molecule has 24 heavy (non-hydrogen) atoms. The van der Waals surface area contributed by atoms with Crippen LogP contribution < -0.4 is 0 Å². The summed E-state index contributed by atoms with van der Waals surface area (Å²) in [4.78, 5) is 0. The third-order valence-corrected chi connectivity index (χ3v) is 3.09. The van der Waals surface area contributed by atoms with Gasteiger partial charge in [0.25, 0.3) is 0 Å². The van der Waals surface area contributed by atoms with E-state index in [9.17, 15) is 18.3 Å². The fourth-order valence-electron chi connectivity index (χ4n) is 1.86. The van der Waals surface area contributed by atoms with E-state index in [4.69, 9.17) is 5.26 Å². The van der Waals surface area contributed by atoms with E-state index < -0.39 is 17.9 Å². The van der Waals surface area contributed by atoms with Gasteiger partial charge in [-0.1, -0.05) is 42.2 Å². The summed E-state index contributed by atoms with van der Waals surface area (Å²) < 4.78 is 38.5. The van der Waals surface area contributed by atoms with Crippen LogP contribution in [0, 0.1) is 23.2 Å². The second-order valence-electron chi connectivity index (χ2n) is 4.89. The van der Waals surface area contributed by atoms with E-state index in [0.29, 0.717) is 16.7 Å². The summed E-state index contributed by atoms with van der Waals surface area (Å²) in [7, 11) is 0. The molecule has 0 bridgehead atoms. The molecule has 0 aliphatic rings. The van der Waals surface area contributed by atoms with Crippen molar-refractivity contribution in [2.75, 3.05) is 0 Å². The van der Waals surface area contributed by atoms with Gasteiger partial charge in [0, 0.05) is 11.1 Å². The Kier molecular flexibility index (Phi) is 5.42. The first-order chi connectivity index (χ1) is 11.4. The van der Waals surface area contributed by atoms with E-state index >= 15 is 0 Å². The van der Waals surface area contributed by atoms with Crippen LogP contribution in [0.3, 0.4) is 0 Å². The standard InChI is InChI=1S/C19H12F3NO/c20-19(21,22)18(24)17(11-10-14-4-2-1-3-5-14)12-15-6-8-16(13-23)9-7-15/h1-9,12,18,24H/b17-12+. The maximum Gasteiger partial charge on any atom is 0.419 e. The van der Waals surface area contributed by atoms with Gasteiger partial charge in [-0.15, -0.1) is 0 Å². The van der Waals surface area contributed by atoms with E-state index in [1.165, 1.54) is 24.3 Å². The molecule has 0 spiro atoms. The molecular weight excluding hydrogens is 315 g/mol. The van der Waals surface area contributed by atoms with Crippen LogP contribution in [-0.4, -0.2) is 17.4 Å². The van der Waals surface area contributed by atoms with E-state index in [-0.39, 0.29) is 0 Å². The Labute approximate surface area is 137 Å². The summed E-state index contributed by atoms with van der Waals surface area (Å²) in [6.45, 7) is 0. The third kappa shape index (κ3) is 4.74. The number of hydrogen-bond acceptors (Lipinski definition) is 2. The first-order valence-corrected chi connectivity index (χ1v) is 6.94. The van der Waals surface area contributed by atoms with Crippen molar-refractivity contribution in [2.45, 2.75) is 12.3 Å². The van der Waals surface area contributed by atoms with Gasteiger partial charge in [0.1, 0.15) is 0 Å². The monoisotopic (exact) mass is 327 g/mol. The van der Waals surface area contributed by atoms with E-state index in [1.54, 1.807) is 30.3 Å². The second kappa shape index (κ2) is 7.50. The van der Waals surface area contributed by atoms with Crippen LogP contribution in [0.15, 0.2) is 60.2 Å². The highest BCUT2D eigenvalue weighted by Gasteiger charge is 2.40. The van der Waals surface area contributed by atoms with Gasteiger partial charge in [-0.05, 0) is 35.9 Å². The molecule has 2 nitrogen and oxygen atoms in total. The zero-order chi connectivity index (χ0) is 17.6. The third-order valence-electron chi connectivity index (χ3n) is 3.09. The Hall–Kier alpha value is -3.02. The number of aliphatic hydroxyl groups is 1. The van der Waals surface area contributed by atoms with Gasteiger partial charge in [0.2, 0.25) is 0 Å². The minimum Gasteiger partial charge on any atom is -0.379 e. The molecule has 0 saturated heterocycles. The molecule has 5 heteroatoms. The molecule has 2 aromatic rings. The highest BCUT2D eigenvalue weighted by Crippen LogP contribution is 2.26. The molecule has 1 unspecified atom stereocenters. The largest absolute Gasteiger partial charge is 0.419 e. The molecule has 0 aliphatic carbocycles. The molecule has 0 fully saturated rings. The van der Waals surface area contributed by atoms with Gasteiger partial charge in [-0.3, -0.25) is 0 Å². The number of hydrogen-bond donors (Lipinski definition) is 1. The highest BCUT2D eigenvalue weighted by molar-refractivity contribution is 5.61. The molecule has 2 aromatic carbocycles. The van der Waals surface area contributed by atoms with E-state index in [1.807, 2.05) is 6.07 Å². The summed E-state index contributed by atoms with van der Waals surface area (Å²) in [5.41, 5.74) is 0.878. The lowest BCUT2D eigenvalue weighted by Crippen LogP contribution is -2.29. The molecule has 1 N–H and O–H groups in total. The molecule has 0 aliphatic heterocycles. The average molecular weight is 327 g/mol. The lowest BCUT2D eigenvalue weighted by Gasteiger charge is -2.14. The van der Waals surface area contributed by atoms with Crippen LogP contribution in [0.1, 0.15) is 16.7 Å². The van der Waals surface area contributed by atoms with Crippen LogP contribution in [0.25, 0.3) is 6.08 Å². The highest BCUT2D eigenvalue weighted by atomic mass is 19.4. The quantitative estimate of drug-likeness (QED) is 0.850. The summed E-state index contributed by atoms with van der Waals surface area (Å²) in [5.74, 6) is 5.01. The lowest BCUT2D eigenvalue weighted by molar-refractivity contribution is -0.189. The molecule has 0 radical (unpaired) electrons. The van der Waals surface area contributed by atoms with Crippen molar-refractivity contribution in [3.8, 4) is 17.9 Å². The van der Waals surface area contributed by atoms with Gasteiger partial charge in [0.15, 0.2) is 6.10 Å². The normalized spacial score (nSPS) is 12.7. The van der Waals surface area contributed by atoms with Crippen LogP contribution in [0.5, 0.6) is 0 Å². The molecule has 120 valence electrons. The van der Waals surface area contributed by atoms with Crippen molar-refractivity contribution in [1.82, 2.24) is 0 Å². The van der Waals surface area contributed by atoms with Crippen molar-refractivity contribution in [1.29, 1.82) is 5.26 Å². The van der Waals surface area contributed by atoms with Crippen molar-refractivity contribution >= 4 is 6.08 Å². The predicted octanol–water partition coefficient (Wildman–Crippen LogP) is 3.92. The van der Waals surface area contributed by atoms with Crippen molar-refractivity contribution in [3.63, 3.8) is 0 Å². The maximum atomic E-state index is 12.8. The average Bonchev–Trinajstić information content (AvgIpc) is 2.58. The number of rotatable bonds is 2. The lowest BCUT2D eigenvalue weighted by atomic mass is 10.0. The molecule has 0 amide bonds. The first kappa shape index (κ1) is 17.3. The predicted molar refractivity (Wildman–Crippen MR) is 84.5 cm³/mol. The molecule has 0 heterocycles. The summed E-state index contributed by atoms with van der Waals surface area (Å²) in [5, 5.41) is 18.3. The first-order valence-electron chi connectivity index (χ1n) is 6.94. The molecule has 1 atom stereocenters. The summed E-state index contributed by atoms with van der Waals surface area (Å²) in [6, 6.07) is 16.4. The number of nitrogens with zero attached hydrogens (tertiary/aromatic N) is 1. The van der Waals surface area contributed by atoms with Crippen LogP contribution in [0.2, 0.25) is 0 Å². The Morgan fingerprint density at radius 1 is 1.00 bits per heavy atom. The Morgan fingerprint density at radius 2 is 1.62 bits per heavy atom. The SMILES string of the molecule is N#Cc1ccc(/C=C(\C#Cc2ccccc2)C(O)C(F)(F)F)cc1. The smallest absolute Gasteiger partial charge is 0.379 e. The van der Waals surface area contributed by atoms with Crippen molar-refractivity contribution in [2.24, 2.45) is 0 Å². The Bertz CT molecular complexity index is 819. The minimum absolute atomic E-state index is 0.389. The zero-order valence-corrected chi connectivity index (χ0v) is 12.4. The van der Waals surface area contributed by atoms with Crippen LogP contribution >= 0.6 is 0 Å². The summed E-state index contributed by atoms with van der Waals surface area (Å²) in [6.07, 6.45) is -6.33. The summed E-state index contributed by atoms with van der Waals surface area (Å²) >= 11 is 0. The van der Waals surface area contributed by atoms with Gasteiger partial charge < -0.3 is 5.11 Å². The maximum absolute atomic E-state index is 12.8. The number of nitriles is 1. The molecule has 0 aromatic heterocycles. The second-order valence-corrected chi connectivity index (χ2v) is 4.89. The topological polar surface area (TPSA) is 44.0 Å². The van der Waals surface area contributed by atoms with Gasteiger partial charge >= 0.3 is 6.18 Å². The van der Waals surface area contributed by atoms with Crippen molar-refractivity contribution in [3.05, 3.63) is 76.9 Å². The zero-order valence-electron chi connectivity index (χ0n) is 12.4. The Balaban J connectivity index is 2.41.